The molecule has 2 rings (SSSR count). The van der Waals surface area contributed by atoms with Crippen molar-refractivity contribution in [1.82, 2.24) is 10.6 Å². The first-order chi connectivity index (χ1) is 12.0. The summed E-state index contributed by atoms with van der Waals surface area (Å²) < 4.78 is 11.2. The number of carbonyl (C=O) groups is 1. The van der Waals surface area contributed by atoms with Crippen LogP contribution < -0.4 is 15.4 Å². The summed E-state index contributed by atoms with van der Waals surface area (Å²) in [6, 6.07) is 7.95. The van der Waals surface area contributed by atoms with Gasteiger partial charge in [0.2, 0.25) is 0 Å². The minimum absolute atomic E-state index is 0.0208. The predicted molar refractivity (Wildman–Crippen MR) is 100 cm³/mol. The predicted octanol–water partition coefficient (Wildman–Crippen LogP) is 2.71. The van der Waals surface area contributed by atoms with E-state index in [1.165, 1.54) is 5.56 Å². The van der Waals surface area contributed by atoms with E-state index in [1.807, 2.05) is 18.2 Å². The van der Waals surface area contributed by atoms with Gasteiger partial charge in [0.25, 0.3) is 5.91 Å². The molecule has 0 spiro atoms. The van der Waals surface area contributed by atoms with Gasteiger partial charge in [-0.05, 0) is 56.5 Å². The van der Waals surface area contributed by atoms with Crippen LogP contribution in [0.3, 0.4) is 0 Å². The molecule has 1 fully saturated rings. The number of benzene rings is 1. The molecule has 25 heavy (non-hydrogen) atoms. The number of nitrogens with one attached hydrogen (secondary N) is 2. The second-order valence-electron chi connectivity index (χ2n) is 7.39. The Morgan fingerprint density at radius 2 is 2.00 bits per heavy atom. The summed E-state index contributed by atoms with van der Waals surface area (Å²) in [4.78, 5) is 12.5. The molecule has 5 nitrogen and oxygen atoms in total. The minimum atomic E-state index is -0.524. The smallest absolute Gasteiger partial charge is 0.260 e. The van der Waals surface area contributed by atoms with E-state index in [0.717, 1.165) is 31.7 Å². The van der Waals surface area contributed by atoms with Gasteiger partial charge in [-0.1, -0.05) is 26.0 Å². The third-order valence-electron chi connectivity index (χ3n) is 4.96. The number of hydrogen-bond donors (Lipinski definition) is 2. The zero-order chi connectivity index (χ0) is 18.3. The lowest BCUT2D eigenvalue weighted by molar-refractivity contribution is -0.128. The maximum Gasteiger partial charge on any atom is 0.260 e. The number of amides is 1. The van der Waals surface area contributed by atoms with Gasteiger partial charge in [-0.3, -0.25) is 4.79 Å². The fraction of sp³-hybridized carbons (Fsp3) is 0.650. The molecule has 1 saturated heterocycles. The molecule has 0 aromatic heterocycles. The molecule has 1 aromatic carbocycles. The Hall–Kier alpha value is -1.59. The summed E-state index contributed by atoms with van der Waals surface area (Å²) in [6.07, 6.45) is 1.49. The van der Waals surface area contributed by atoms with E-state index in [0.29, 0.717) is 19.1 Å². The van der Waals surface area contributed by atoms with Crippen LogP contribution in [0.25, 0.3) is 0 Å². The molecule has 1 aliphatic rings. The Kier molecular flexibility index (Phi) is 7.26. The maximum atomic E-state index is 12.5. The highest BCUT2D eigenvalue weighted by molar-refractivity contribution is 5.80. The lowest BCUT2D eigenvalue weighted by Crippen LogP contribution is -2.49. The Morgan fingerprint density at radius 3 is 2.64 bits per heavy atom. The van der Waals surface area contributed by atoms with Crippen LogP contribution in [0.5, 0.6) is 5.75 Å². The summed E-state index contributed by atoms with van der Waals surface area (Å²) in [7, 11) is 1.72. The largest absolute Gasteiger partial charge is 0.481 e. The SMILES string of the molecule is COCC1(CNC(=O)C(C)Oc2cccc(C(C)C)c2)CCNCC1. The van der Waals surface area contributed by atoms with Gasteiger partial charge < -0.3 is 20.1 Å². The average molecular weight is 348 g/mol. The zero-order valence-electron chi connectivity index (χ0n) is 15.9. The van der Waals surface area contributed by atoms with E-state index < -0.39 is 6.10 Å². The van der Waals surface area contributed by atoms with Crippen molar-refractivity contribution in [3.8, 4) is 5.75 Å². The number of rotatable bonds is 8. The van der Waals surface area contributed by atoms with Gasteiger partial charge in [0.05, 0.1) is 6.61 Å². The molecule has 1 aromatic rings. The first-order valence-corrected chi connectivity index (χ1v) is 9.20. The highest BCUT2D eigenvalue weighted by atomic mass is 16.5. The Labute approximate surface area is 151 Å². The summed E-state index contributed by atoms with van der Waals surface area (Å²) in [5.74, 6) is 1.09. The first kappa shape index (κ1) is 19.7. The lowest BCUT2D eigenvalue weighted by Gasteiger charge is -2.37. The van der Waals surface area contributed by atoms with Gasteiger partial charge in [-0.2, -0.15) is 0 Å². The average Bonchev–Trinajstić information content (AvgIpc) is 2.61. The van der Waals surface area contributed by atoms with Crippen molar-refractivity contribution in [2.75, 3.05) is 33.4 Å². The van der Waals surface area contributed by atoms with Crippen LogP contribution in [0.2, 0.25) is 0 Å². The van der Waals surface area contributed by atoms with Crippen molar-refractivity contribution in [3.63, 3.8) is 0 Å². The van der Waals surface area contributed by atoms with Gasteiger partial charge >= 0.3 is 0 Å². The molecule has 5 heteroatoms. The second-order valence-corrected chi connectivity index (χ2v) is 7.39. The molecule has 1 aliphatic heterocycles. The molecule has 140 valence electrons. The molecule has 1 unspecified atom stereocenters. The van der Waals surface area contributed by atoms with Gasteiger partial charge in [0.1, 0.15) is 5.75 Å². The van der Waals surface area contributed by atoms with Crippen LogP contribution in [-0.4, -0.2) is 45.4 Å². The van der Waals surface area contributed by atoms with E-state index in [2.05, 4.69) is 30.5 Å². The quantitative estimate of drug-likeness (QED) is 0.758. The standard InChI is InChI=1S/C20H32N2O3/c1-15(2)17-6-5-7-18(12-17)25-16(3)19(23)22-13-20(14-24-4)8-10-21-11-9-20/h5-7,12,15-16,21H,8-11,13-14H2,1-4H3,(H,22,23). The fourth-order valence-corrected chi connectivity index (χ4v) is 3.26. The first-order valence-electron chi connectivity index (χ1n) is 9.20. The second kappa shape index (κ2) is 9.20. The summed E-state index contributed by atoms with van der Waals surface area (Å²) in [6.45, 7) is 9.30. The Morgan fingerprint density at radius 1 is 1.28 bits per heavy atom. The van der Waals surface area contributed by atoms with E-state index in [4.69, 9.17) is 9.47 Å². The Balaban J connectivity index is 1.90. The molecule has 1 amide bonds. The number of hydrogen-bond acceptors (Lipinski definition) is 4. The lowest BCUT2D eigenvalue weighted by atomic mass is 9.79. The van der Waals surface area contributed by atoms with Crippen molar-refractivity contribution < 1.29 is 14.3 Å². The van der Waals surface area contributed by atoms with Crippen LogP contribution >= 0.6 is 0 Å². The monoisotopic (exact) mass is 348 g/mol. The number of ether oxygens (including phenoxy) is 2. The van der Waals surface area contributed by atoms with Crippen molar-refractivity contribution in [1.29, 1.82) is 0 Å². The molecular formula is C20H32N2O3. The maximum absolute atomic E-state index is 12.5. The van der Waals surface area contributed by atoms with Crippen LogP contribution in [0, 0.1) is 5.41 Å². The third kappa shape index (κ3) is 5.72. The normalized spacial score (nSPS) is 18.0. The summed E-state index contributed by atoms with van der Waals surface area (Å²) in [5.41, 5.74) is 1.23. The van der Waals surface area contributed by atoms with Gasteiger partial charge in [-0.15, -0.1) is 0 Å². The summed E-state index contributed by atoms with van der Waals surface area (Å²) in [5, 5.41) is 6.43. The Bertz CT molecular complexity index is 548. The molecular weight excluding hydrogens is 316 g/mol. The van der Waals surface area contributed by atoms with E-state index in [1.54, 1.807) is 14.0 Å². The summed E-state index contributed by atoms with van der Waals surface area (Å²) >= 11 is 0. The molecule has 0 saturated carbocycles. The highest BCUT2D eigenvalue weighted by Gasteiger charge is 2.33. The van der Waals surface area contributed by atoms with Crippen LogP contribution in [0.15, 0.2) is 24.3 Å². The van der Waals surface area contributed by atoms with Gasteiger partial charge in [0, 0.05) is 19.1 Å². The minimum Gasteiger partial charge on any atom is -0.481 e. The fourth-order valence-electron chi connectivity index (χ4n) is 3.26. The molecule has 2 N–H and O–H groups in total. The van der Waals surface area contributed by atoms with Crippen LogP contribution in [-0.2, 0) is 9.53 Å². The molecule has 0 aliphatic carbocycles. The molecule has 0 radical (unpaired) electrons. The zero-order valence-corrected chi connectivity index (χ0v) is 15.9. The molecule has 0 bridgehead atoms. The van der Waals surface area contributed by atoms with Crippen molar-refractivity contribution in [2.24, 2.45) is 5.41 Å². The third-order valence-corrected chi connectivity index (χ3v) is 4.96. The molecule has 1 atom stereocenters. The van der Waals surface area contributed by atoms with Gasteiger partial charge in [-0.25, -0.2) is 0 Å². The van der Waals surface area contributed by atoms with Crippen LogP contribution in [0.4, 0.5) is 0 Å². The van der Waals surface area contributed by atoms with E-state index in [-0.39, 0.29) is 11.3 Å². The van der Waals surface area contributed by atoms with Crippen molar-refractivity contribution in [3.05, 3.63) is 29.8 Å². The van der Waals surface area contributed by atoms with Gasteiger partial charge in [0.15, 0.2) is 6.10 Å². The number of piperidine rings is 1. The highest BCUT2D eigenvalue weighted by Crippen LogP contribution is 2.28. The van der Waals surface area contributed by atoms with Crippen LogP contribution in [0.1, 0.15) is 45.1 Å². The van der Waals surface area contributed by atoms with Crippen molar-refractivity contribution in [2.45, 2.75) is 45.6 Å². The van der Waals surface area contributed by atoms with Crippen molar-refractivity contribution >= 4 is 5.91 Å². The number of methoxy groups -OCH3 is 1. The van der Waals surface area contributed by atoms with E-state index >= 15 is 0 Å². The molecule has 1 heterocycles. The van der Waals surface area contributed by atoms with E-state index in [9.17, 15) is 4.79 Å². The topological polar surface area (TPSA) is 59.6 Å². The number of carbonyl (C=O) groups excluding carboxylic acids is 1.